The molecule has 0 aliphatic carbocycles. The molecule has 4 aliphatic rings. The molecule has 0 unspecified atom stereocenters. The van der Waals surface area contributed by atoms with E-state index in [-0.39, 0.29) is 25.2 Å². The summed E-state index contributed by atoms with van der Waals surface area (Å²) in [4.78, 5) is 10.2. The lowest BCUT2D eigenvalue weighted by Gasteiger charge is -2.60. The van der Waals surface area contributed by atoms with Crippen molar-refractivity contribution in [3.63, 3.8) is 0 Å². The minimum absolute atomic E-state index is 0.0555. The fourth-order valence-electron chi connectivity index (χ4n) is 6.09. The molecule has 3 aromatic rings. The lowest BCUT2D eigenvalue weighted by Crippen LogP contribution is -2.73. The first-order valence-electron chi connectivity index (χ1n) is 12.8. The zero-order valence-electron chi connectivity index (χ0n) is 21.3. The minimum atomic E-state index is -2.86. The summed E-state index contributed by atoms with van der Waals surface area (Å²) in [7, 11) is 1.51. The first-order valence-corrected chi connectivity index (χ1v) is 13.2. The molecule has 3 fully saturated rings. The average molecular weight is 562 g/mol. The summed E-state index contributed by atoms with van der Waals surface area (Å²) in [6.07, 6.45) is 1.20. The molecule has 0 radical (unpaired) electrons. The standard InChI is InChI=1S/C26H27ClF3N7O2/c1-38-21-5-19(28)6-31-23(21)35-11-25(12-35)13-36(14-25)24-33-32-22-8-34(15-26(29,30)17-9-39-10-17)7-16-4-18(27)2-3-20(16)37(22)24/h2-6,17H,7-15H2,1H3. The molecule has 0 amide bonds. The number of aromatic nitrogens is 4. The molecule has 39 heavy (non-hydrogen) atoms. The van der Waals surface area contributed by atoms with Gasteiger partial charge in [-0.15, -0.1) is 10.2 Å². The van der Waals surface area contributed by atoms with Gasteiger partial charge >= 0.3 is 0 Å². The zero-order chi connectivity index (χ0) is 26.9. The number of halogens is 4. The molecule has 2 aromatic heterocycles. The molecule has 13 heteroatoms. The van der Waals surface area contributed by atoms with Crippen LogP contribution < -0.4 is 14.5 Å². The van der Waals surface area contributed by atoms with Crippen molar-refractivity contribution in [1.29, 1.82) is 0 Å². The van der Waals surface area contributed by atoms with E-state index in [0.29, 0.717) is 34.9 Å². The molecule has 0 bridgehead atoms. The van der Waals surface area contributed by atoms with Crippen LogP contribution in [0.4, 0.5) is 24.9 Å². The topological polar surface area (TPSA) is 71.8 Å². The molecule has 1 spiro atoms. The van der Waals surface area contributed by atoms with Crippen molar-refractivity contribution in [3.05, 3.63) is 52.7 Å². The van der Waals surface area contributed by atoms with Crippen LogP contribution in [0.3, 0.4) is 0 Å². The number of hydrogen-bond acceptors (Lipinski definition) is 8. The van der Waals surface area contributed by atoms with Gasteiger partial charge in [-0.05, 0) is 23.8 Å². The summed E-state index contributed by atoms with van der Waals surface area (Å²) in [5, 5.41) is 9.49. The molecule has 9 nitrogen and oxygen atoms in total. The Balaban J connectivity index is 1.11. The fourth-order valence-corrected chi connectivity index (χ4v) is 6.29. The second-order valence-corrected chi connectivity index (χ2v) is 11.5. The molecule has 0 saturated carbocycles. The summed E-state index contributed by atoms with van der Waals surface area (Å²) < 4.78 is 55.8. The monoisotopic (exact) mass is 561 g/mol. The fraction of sp³-hybridized carbons (Fsp3) is 0.500. The van der Waals surface area contributed by atoms with Crippen molar-refractivity contribution < 1.29 is 22.6 Å². The number of rotatable bonds is 6. The van der Waals surface area contributed by atoms with Crippen molar-refractivity contribution >= 4 is 23.4 Å². The van der Waals surface area contributed by atoms with Crippen molar-refractivity contribution in [2.24, 2.45) is 11.3 Å². The normalized spacial score (nSPS) is 20.5. The molecule has 1 aromatic carbocycles. The molecule has 6 heterocycles. The van der Waals surface area contributed by atoms with E-state index in [1.807, 2.05) is 16.7 Å². The number of nitrogens with zero attached hydrogens (tertiary/aromatic N) is 7. The van der Waals surface area contributed by atoms with E-state index in [2.05, 4.69) is 25.0 Å². The van der Waals surface area contributed by atoms with Gasteiger partial charge in [-0.1, -0.05) is 11.6 Å². The van der Waals surface area contributed by atoms with Gasteiger partial charge in [-0.3, -0.25) is 9.47 Å². The Bertz CT molecular complexity index is 1420. The van der Waals surface area contributed by atoms with Crippen molar-refractivity contribution in [2.45, 2.75) is 19.0 Å². The third kappa shape index (κ3) is 4.20. The SMILES string of the molecule is COc1cc(F)cnc1N1CC2(C1)CN(c1nnc3n1-c1ccc(Cl)cc1CN(CC(F)(F)C1COC1)C3)C2. The van der Waals surface area contributed by atoms with Crippen LogP contribution in [0.5, 0.6) is 5.75 Å². The zero-order valence-corrected chi connectivity index (χ0v) is 22.0. The molecular formula is C26H27ClF3N7O2. The molecule has 0 atom stereocenters. The van der Waals surface area contributed by atoms with E-state index < -0.39 is 24.2 Å². The maximum atomic E-state index is 14.9. The molecular weight excluding hydrogens is 535 g/mol. The van der Waals surface area contributed by atoms with Crippen LogP contribution in [0.2, 0.25) is 5.02 Å². The predicted molar refractivity (Wildman–Crippen MR) is 137 cm³/mol. The summed E-state index contributed by atoms with van der Waals surface area (Å²) in [5.74, 6) is -1.71. The lowest BCUT2D eigenvalue weighted by molar-refractivity contribution is -0.179. The van der Waals surface area contributed by atoms with Gasteiger partial charge in [0.2, 0.25) is 5.95 Å². The Morgan fingerprint density at radius 3 is 2.59 bits per heavy atom. The first-order chi connectivity index (χ1) is 18.7. The summed E-state index contributed by atoms with van der Waals surface area (Å²) in [6.45, 7) is 3.40. The second kappa shape index (κ2) is 8.97. The van der Waals surface area contributed by atoms with Crippen molar-refractivity contribution in [3.8, 4) is 11.4 Å². The predicted octanol–water partition coefficient (Wildman–Crippen LogP) is 3.39. The van der Waals surface area contributed by atoms with Crippen LogP contribution in [0.15, 0.2) is 30.5 Å². The number of pyridine rings is 1. The van der Waals surface area contributed by atoms with E-state index in [0.717, 1.165) is 37.4 Å². The van der Waals surface area contributed by atoms with Gasteiger partial charge in [0, 0.05) is 49.2 Å². The van der Waals surface area contributed by atoms with Crippen LogP contribution in [0.1, 0.15) is 11.4 Å². The highest BCUT2D eigenvalue weighted by Crippen LogP contribution is 2.46. The van der Waals surface area contributed by atoms with E-state index in [9.17, 15) is 13.2 Å². The Hall–Kier alpha value is -3.09. The molecule has 206 valence electrons. The van der Waals surface area contributed by atoms with Crippen LogP contribution in [-0.4, -0.2) is 83.6 Å². The largest absolute Gasteiger partial charge is 0.493 e. The Kier molecular flexibility index (Phi) is 5.73. The molecule has 0 N–H and O–H groups in total. The third-order valence-electron chi connectivity index (χ3n) is 8.13. The molecule has 4 aliphatic heterocycles. The van der Waals surface area contributed by atoms with E-state index in [4.69, 9.17) is 21.1 Å². The molecule has 3 saturated heterocycles. The van der Waals surface area contributed by atoms with Crippen LogP contribution >= 0.6 is 11.6 Å². The maximum absolute atomic E-state index is 14.9. The number of anilines is 2. The average Bonchev–Trinajstić information content (AvgIpc) is 3.12. The maximum Gasteiger partial charge on any atom is 0.267 e. The summed E-state index contributed by atoms with van der Waals surface area (Å²) in [5.41, 5.74) is 1.76. The molecule has 7 rings (SSSR count). The van der Waals surface area contributed by atoms with E-state index in [1.165, 1.54) is 19.4 Å². The van der Waals surface area contributed by atoms with E-state index >= 15 is 0 Å². The highest BCUT2D eigenvalue weighted by Gasteiger charge is 2.54. The van der Waals surface area contributed by atoms with Gasteiger partial charge < -0.3 is 19.3 Å². The van der Waals surface area contributed by atoms with Gasteiger partial charge in [0.15, 0.2) is 17.4 Å². The summed E-state index contributed by atoms with van der Waals surface area (Å²) >= 11 is 6.32. The Labute approximate surface area is 228 Å². The summed E-state index contributed by atoms with van der Waals surface area (Å²) in [6, 6.07) is 6.88. The van der Waals surface area contributed by atoms with Crippen LogP contribution in [-0.2, 0) is 17.8 Å². The highest BCUT2D eigenvalue weighted by atomic mass is 35.5. The number of hydrogen-bond donors (Lipinski definition) is 0. The lowest BCUT2D eigenvalue weighted by atomic mass is 9.73. The second-order valence-electron chi connectivity index (χ2n) is 11.1. The number of methoxy groups -OCH3 is 1. The minimum Gasteiger partial charge on any atom is -0.493 e. The van der Waals surface area contributed by atoms with Gasteiger partial charge in [0.05, 0.1) is 51.2 Å². The van der Waals surface area contributed by atoms with Crippen molar-refractivity contribution in [2.75, 3.05) is 62.8 Å². The van der Waals surface area contributed by atoms with Gasteiger partial charge in [-0.25, -0.2) is 18.2 Å². The number of benzene rings is 1. The quantitative estimate of drug-likeness (QED) is 0.454. The van der Waals surface area contributed by atoms with Crippen LogP contribution in [0.25, 0.3) is 5.69 Å². The van der Waals surface area contributed by atoms with Gasteiger partial charge in [0.25, 0.3) is 5.92 Å². The number of alkyl halides is 2. The highest BCUT2D eigenvalue weighted by molar-refractivity contribution is 6.30. The van der Waals surface area contributed by atoms with Gasteiger partial charge in [0.1, 0.15) is 5.82 Å². The smallest absolute Gasteiger partial charge is 0.267 e. The Morgan fingerprint density at radius 1 is 1.10 bits per heavy atom. The first kappa shape index (κ1) is 24.9. The number of fused-ring (bicyclic) bond motifs is 3. The van der Waals surface area contributed by atoms with E-state index in [1.54, 1.807) is 11.0 Å². The third-order valence-corrected chi connectivity index (χ3v) is 8.37. The Morgan fingerprint density at radius 2 is 1.87 bits per heavy atom. The van der Waals surface area contributed by atoms with Crippen molar-refractivity contribution in [1.82, 2.24) is 24.6 Å². The van der Waals surface area contributed by atoms with Gasteiger partial charge in [-0.2, -0.15) is 0 Å². The number of ether oxygens (including phenoxy) is 2. The van der Waals surface area contributed by atoms with Crippen LogP contribution in [0, 0.1) is 17.2 Å².